The molecule has 3 aromatic rings. The molecule has 0 radical (unpaired) electrons. The van der Waals surface area contributed by atoms with E-state index in [1.54, 1.807) is 0 Å². The van der Waals surface area contributed by atoms with Crippen LogP contribution in [0.1, 0.15) is 36.7 Å². The van der Waals surface area contributed by atoms with E-state index in [0.717, 1.165) is 23.8 Å². The Labute approximate surface area is 169 Å². The molecular formula is C25H28O2Si. The van der Waals surface area contributed by atoms with Gasteiger partial charge in [0.2, 0.25) is 0 Å². The summed E-state index contributed by atoms with van der Waals surface area (Å²) in [6, 6.07) is 29.0. The molecule has 3 heteroatoms. The monoisotopic (exact) mass is 388 g/mol. The summed E-state index contributed by atoms with van der Waals surface area (Å²) in [6.07, 6.45) is 1.65. The molecule has 0 saturated heterocycles. The Morgan fingerprint density at radius 1 is 0.786 bits per heavy atom. The van der Waals surface area contributed by atoms with Crippen LogP contribution in [-0.2, 0) is 10.8 Å². The van der Waals surface area contributed by atoms with E-state index in [2.05, 4.69) is 81.4 Å². The van der Waals surface area contributed by atoms with Crippen molar-refractivity contribution in [1.82, 2.24) is 0 Å². The van der Waals surface area contributed by atoms with Crippen LogP contribution in [0, 0.1) is 0 Å². The lowest BCUT2D eigenvalue weighted by Crippen LogP contribution is -2.66. The van der Waals surface area contributed by atoms with Gasteiger partial charge in [-0.05, 0) is 27.4 Å². The van der Waals surface area contributed by atoms with E-state index >= 15 is 0 Å². The van der Waals surface area contributed by atoms with E-state index in [-0.39, 0.29) is 5.04 Å². The standard InChI is InChI=1S/C25H28O2Si/c1-25(2,3)28(23-14-6-4-7-15-23,24-16-8-5-9-17-24)27-19-18-21-12-10-11-13-22(21)20-26/h4-17,20H,18-19H2,1-3H3. The lowest BCUT2D eigenvalue weighted by Gasteiger charge is -2.43. The second kappa shape index (κ2) is 8.68. The Hall–Kier alpha value is -2.49. The second-order valence-electron chi connectivity index (χ2n) is 8.08. The molecule has 0 unspecified atom stereocenters. The van der Waals surface area contributed by atoms with Gasteiger partial charge < -0.3 is 4.43 Å². The van der Waals surface area contributed by atoms with Crippen molar-refractivity contribution >= 4 is 25.0 Å². The summed E-state index contributed by atoms with van der Waals surface area (Å²) in [7, 11) is -2.52. The number of hydrogen-bond donors (Lipinski definition) is 0. The lowest BCUT2D eigenvalue weighted by molar-refractivity contribution is 0.112. The number of carbonyl (C=O) groups excluding carboxylic acids is 1. The molecule has 3 aromatic carbocycles. The molecule has 0 saturated carbocycles. The number of hydrogen-bond acceptors (Lipinski definition) is 2. The van der Waals surface area contributed by atoms with Crippen molar-refractivity contribution in [2.75, 3.05) is 6.61 Å². The van der Waals surface area contributed by atoms with Gasteiger partial charge in [0.15, 0.2) is 0 Å². The van der Waals surface area contributed by atoms with Gasteiger partial charge in [-0.2, -0.15) is 0 Å². The first-order valence-electron chi connectivity index (χ1n) is 9.77. The average Bonchev–Trinajstić information content (AvgIpc) is 2.72. The maximum absolute atomic E-state index is 11.4. The Balaban J connectivity index is 2.00. The van der Waals surface area contributed by atoms with E-state index in [4.69, 9.17) is 4.43 Å². The highest BCUT2D eigenvalue weighted by Gasteiger charge is 2.49. The van der Waals surface area contributed by atoms with E-state index in [1.165, 1.54) is 10.4 Å². The summed E-state index contributed by atoms with van der Waals surface area (Å²) in [5.74, 6) is 0. The summed E-state index contributed by atoms with van der Waals surface area (Å²) < 4.78 is 6.89. The predicted molar refractivity (Wildman–Crippen MR) is 119 cm³/mol. The first-order chi connectivity index (χ1) is 13.5. The van der Waals surface area contributed by atoms with Gasteiger partial charge in [0.05, 0.1) is 0 Å². The number of benzene rings is 3. The first-order valence-corrected chi connectivity index (χ1v) is 11.7. The van der Waals surface area contributed by atoms with Crippen LogP contribution in [0.4, 0.5) is 0 Å². The predicted octanol–water partition coefficient (Wildman–Crippen LogP) is 4.62. The highest BCUT2D eigenvalue weighted by Crippen LogP contribution is 2.36. The van der Waals surface area contributed by atoms with E-state index < -0.39 is 8.32 Å². The third-order valence-corrected chi connectivity index (χ3v) is 10.3. The summed E-state index contributed by atoms with van der Waals surface area (Å²) in [5, 5.41) is 2.51. The van der Waals surface area contributed by atoms with Crippen molar-refractivity contribution in [2.45, 2.75) is 32.2 Å². The Bertz CT molecular complexity index is 859. The third-order valence-electron chi connectivity index (χ3n) is 5.29. The summed E-state index contributed by atoms with van der Waals surface area (Å²) in [5.41, 5.74) is 1.78. The molecule has 0 bridgehead atoms. The van der Waals surface area contributed by atoms with Crippen molar-refractivity contribution in [1.29, 1.82) is 0 Å². The molecule has 0 heterocycles. The molecule has 0 aliphatic rings. The minimum atomic E-state index is -2.52. The highest BCUT2D eigenvalue weighted by molar-refractivity contribution is 6.99. The van der Waals surface area contributed by atoms with Gasteiger partial charge in [-0.1, -0.05) is 106 Å². The zero-order valence-corrected chi connectivity index (χ0v) is 17.9. The summed E-state index contributed by atoms with van der Waals surface area (Å²) >= 11 is 0. The van der Waals surface area contributed by atoms with Gasteiger partial charge in [0, 0.05) is 12.2 Å². The Morgan fingerprint density at radius 2 is 1.29 bits per heavy atom. The molecule has 2 nitrogen and oxygen atoms in total. The molecule has 28 heavy (non-hydrogen) atoms. The van der Waals surface area contributed by atoms with Crippen LogP contribution in [0.5, 0.6) is 0 Å². The van der Waals surface area contributed by atoms with E-state index in [1.807, 2.05) is 24.3 Å². The van der Waals surface area contributed by atoms with Crippen molar-refractivity contribution in [2.24, 2.45) is 0 Å². The minimum absolute atomic E-state index is 0.0418. The summed E-state index contributed by atoms with van der Waals surface area (Å²) in [4.78, 5) is 11.4. The number of carbonyl (C=O) groups is 1. The van der Waals surface area contributed by atoms with Gasteiger partial charge in [-0.3, -0.25) is 4.79 Å². The SMILES string of the molecule is CC(C)(C)[Si](OCCc1ccccc1C=O)(c1ccccc1)c1ccccc1. The molecule has 0 fully saturated rings. The molecule has 0 aliphatic heterocycles. The zero-order valence-electron chi connectivity index (χ0n) is 16.9. The first kappa shape index (κ1) is 20.2. The maximum atomic E-state index is 11.4. The van der Waals surface area contributed by atoms with Crippen molar-refractivity contribution in [3.63, 3.8) is 0 Å². The number of rotatable bonds is 7. The van der Waals surface area contributed by atoms with Crippen molar-refractivity contribution < 1.29 is 9.22 Å². The molecule has 0 amide bonds. The fraction of sp³-hybridized carbons (Fsp3) is 0.240. The van der Waals surface area contributed by atoms with Crippen LogP contribution < -0.4 is 10.4 Å². The smallest absolute Gasteiger partial charge is 0.261 e. The van der Waals surface area contributed by atoms with Crippen LogP contribution >= 0.6 is 0 Å². The lowest BCUT2D eigenvalue weighted by atomic mass is 10.1. The van der Waals surface area contributed by atoms with Crippen molar-refractivity contribution in [3.05, 3.63) is 96.1 Å². The minimum Gasteiger partial charge on any atom is -0.407 e. The van der Waals surface area contributed by atoms with Crippen LogP contribution in [0.2, 0.25) is 5.04 Å². The van der Waals surface area contributed by atoms with Gasteiger partial charge in [0.25, 0.3) is 8.32 Å². The molecule has 0 aromatic heterocycles. The fourth-order valence-corrected chi connectivity index (χ4v) is 8.52. The quantitative estimate of drug-likeness (QED) is 0.436. The molecule has 0 spiro atoms. The average molecular weight is 389 g/mol. The molecule has 0 N–H and O–H groups in total. The Kier molecular flexibility index (Phi) is 6.27. The van der Waals surface area contributed by atoms with Gasteiger partial charge >= 0.3 is 0 Å². The Morgan fingerprint density at radius 3 is 1.79 bits per heavy atom. The normalized spacial score (nSPS) is 12.0. The van der Waals surface area contributed by atoms with Crippen LogP contribution in [0.3, 0.4) is 0 Å². The highest BCUT2D eigenvalue weighted by atomic mass is 28.4. The molecule has 144 valence electrons. The topological polar surface area (TPSA) is 26.3 Å². The maximum Gasteiger partial charge on any atom is 0.261 e. The molecular weight excluding hydrogens is 360 g/mol. The van der Waals surface area contributed by atoms with Gasteiger partial charge in [-0.25, -0.2) is 0 Å². The third kappa shape index (κ3) is 4.01. The fourth-order valence-electron chi connectivity index (χ4n) is 3.95. The molecule has 0 atom stereocenters. The van der Waals surface area contributed by atoms with Crippen molar-refractivity contribution in [3.8, 4) is 0 Å². The van der Waals surface area contributed by atoms with Gasteiger partial charge in [-0.15, -0.1) is 0 Å². The summed E-state index contributed by atoms with van der Waals surface area (Å²) in [6.45, 7) is 7.41. The molecule has 0 aliphatic carbocycles. The number of aldehydes is 1. The van der Waals surface area contributed by atoms with Crippen LogP contribution in [0.15, 0.2) is 84.9 Å². The second-order valence-corrected chi connectivity index (χ2v) is 12.4. The van der Waals surface area contributed by atoms with Gasteiger partial charge in [0.1, 0.15) is 6.29 Å². The largest absolute Gasteiger partial charge is 0.407 e. The van der Waals surface area contributed by atoms with Crippen LogP contribution in [0.25, 0.3) is 0 Å². The van der Waals surface area contributed by atoms with Crippen LogP contribution in [-0.4, -0.2) is 21.2 Å². The molecule has 3 rings (SSSR count). The van der Waals surface area contributed by atoms with E-state index in [0.29, 0.717) is 6.61 Å². The van der Waals surface area contributed by atoms with E-state index in [9.17, 15) is 4.79 Å². The zero-order chi connectivity index (χ0) is 20.0.